The van der Waals surface area contributed by atoms with E-state index in [0.717, 1.165) is 12.8 Å². The molecule has 0 radical (unpaired) electrons. The van der Waals surface area contributed by atoms with E-state index in [9.17, 15) is 14.0 Å². The van der Waals surface area contributed by atoms with E-state index in [-0.39, 0.29) is 17.3 Å². The minimum Gasteiger partial charge on any atom is -0.342 e. The van der Waals surface area contributed by atoms with E-state index in [1.165, 1.54) is 42.7 Å². The summed E-state index contributed by atoms with van der Waals surface area (Å²) in [5.41, 5.74) is 1.10. The second-order valence-electron chi connectivity index (χ2n) is 5.50. The van der Waals surface area contributed by atoms with Crippen LogP contribution in [-0.4, -0.2) is 35.3 Å². The normalized spacial score (nSPS) is 10.3. The van der Waals surface area contributed by atoms with Crippen molar-refractivity contribution in [2.45, 2.75) is 19.8 Å². The van der Waals surface area contributed by atoms with E-state index < -0.39 is 5.91 Å². The van der Waals surface area contributed by atoms with E-state index in [1.54, 1.807) is 11.9 Å². The van der Waals surface area contributed by atoms with Gasteiger partial charge in [-0.25, -0.2) is 4.39 Å². The number of aromatic nitrogens is 1. The Morgan fingerprint density at radius 1 is 1.17 bits per heavy atom. The Morgan fingerprint density at radius 2 is 1.83 bits per heavy atom. The Morgan fingerprint density at radius 3 is 2.50 bits per heavy atom. The number of unbranched alkanes of at least 4 members (excludes halogenated alkanes) is 1. The molecule has 0 aliphatic carbocycles. The van der Waals surface area contributed by atoms with Crippen LogP contribution in [0.5, 0.6) is 0 Å². The summed E-state index contributed by atoms with van der Waals surface area (Å²) in [5.74, 6) is -0.954. The van der Waals surface area contributed by atoms with Crippen LogP contribution in [0.25, 0.3) is 0 Å². The number of anilines is 1. The maximum Gasteiger partial charge on any atom is 0.257 e. The molecule has 0 aliphatic rings. The number of hydrogen-bond donors (Lipinski definition) is 1. The molecule has 2 rings (SSSR count). The molecule has 1 N–H and O–H groups in total. The van der Waals surface area contributed by atoms with Gasteiger partial charge in [0.2, 0.25) is 0 Å². The van der Waals surface area contributed by atoms with E-state index in [1.807, 2.05) is 0 Å². The highest BCUT2D eigenvalue weighted by atomic mass is 19.1. The minimum atomic E-state index is -0.403. The van der Waals surface area contributed by atoms with Gasteiger partial charge in [-0.2, -0.15) is 0 Å². The average Bonchev–Trinajstić information content (AvgIpc) is 2.61. The van der Waals surface area contributed by atoms with E-state index in [2.05, 4.69) is 17.2 Å². The molecule has 6 heteroatoms. The second-order valence-corrected chi connectivity index (χ2v) is 5.50. The van der Waals surface area contributed by atoms with Gasteiger partial charge in [-0.3, -0.25) is 14.6 Å². The van der Waals surface area contributed by atoms with Crippen LogP contribution in [0.2, 0.25) is 0 Å². The molecule has 1 heterocycles. The topological polar surface area (TPSA) is 62.3 Å². The summed E-state index contributed by atoms with van der Waals surface area (Å²) < 4.78 is 12.9. The Labute approximate surface area is 140 Å². The number of nitrogens with one attached hydrogen (secondary N) is 1. The van der Waals surface area contributed by atoms with Crippen LogP contribution in [0.4, 0.5) is 10.1 Å². The van der Waals surface area contributed by atoms with Gasteiger partial charge in [0.05, 0.1) is 11.1 Å². The number of amides is 2. The first-order valence-corrected chi connectivity index (χ1v) is 7.78. The summed E-state index contributed by atoms with van der Waals surface area (Å²) >= 11 is 0. The van der Waals surface area contributed by atoms with E-state index in [4.69, 9.17) is 0 Å². The van der Waals surface area contributed by atoms with Crippen molar-refractivity contribution in [1.82, 2.24) is 9.88 Å². The second kappa shape index (κ2) is 8.19. The molecule has 0 saturated heterocycles. The molecule has 0 aliphatic heterocycles. The Kier molecular flexibility index (Phi) is 6.01. The number of benzene rings is 1. The first-order valence-electron chi connectivity index (χ1n) is 7.78. The lowest BCUT2D eigenvalue weighted by molar-refractivity contribution is 0.0793. The van der Waals surface area contributed by atoms with Gasteiger partial charge in [-0.1, -0.05) is 13.3 Å². The third kappa shape index (κ3) is 4.62. The van der Waals surface area contributed by atoms with Crippen molar-refractivity contribution in [3.8, 4) is 0 Å². The van der Waals surface area contributed by atoms with Crippen molar-refractivity contribution < 1.29 is 14.0 Å². The fourth-order valence-corrected chi connectivity index (χ4v) is 2.13. The molecule has 0 spiro atoms. The van der Waals surface area contributed by atoms with Crippen LogP contribution >= 0.6 is 0 Å². The number of carbonyl (C=O) groups is 2. The molecule has 2 amide bonds. The van der Waals surface area contributed by atoms with Crippen molar-refractivity contribution >= 4 is 17.5 Å². The predicted molar refractivity (Wildman–Crippen MR) is 90.5 cm³/mol. The van der Waals surface area contributed by atoms with Crippen LogP contribution < -0.4 is 5.32 Å². The van der Waals surface area contributed by atoms with E-state index >= 15 is 0 Å². The number of halogens is 1. The molecule has 126 valence electrons. The average molecular weight is 329 g/mol. The number of pyridine rings is 1. The summed E-state index contributed by atoms with van der Waals surface area (Å²) in [7, 11) is 1.73. The molecule has 0 saturated carbocycles. The third-order valence-electron chi connectivity index (χ3n) is 3.54. The highest BCUT2D eigenvalue weighted by molar-refractivity contribution is 6.05. The largest absolute Gasteiger partial charge is 0.342 e. The third-order valence-corrected chi connectivity index (χ3v) is 3.54. The van der Waals surface area contributed by atoms with E-state index in [0.29, 0.717) is 17.8 Å². The quantitative estimate of drug-likeness (QED) is 0.884. The highest BCUT2D eigenvalue weighted by Gasteiger charge is 2.14. The van der Waals surface area contributed by atoms with Gasteiger partial charge in [0.1, 0.15) is 5.82 Å². The summed E-state index contributed by atoms with van der Waals surface area (Å²) in [6, 6.07) is 6.96. The van der Waals surface area contributed by atoms with Gasteiger partial charge in [0.15, 0.2) is 0 Å². The molecule has 2 aromatic rings. The van der Waals surface area contributed by atoms with Gasteiger partial charge in [0.25, 0.3) is 11.8 Å². The number of carbonyl (C=O) groups excluding carboxylic acids is 2. The van der Waals surface area contributed by atoms with Gasteiger partial charge in [-0.15, -0.1) is 0 Å². The van der Waals surface area contributed by atoms with Crippen LogP contribution in [-0.2, 0) is 0 Å². The lowest BCUT2D eigenvalue weighted by Crippen LogP contribution is -2.28. The van der Waals surface area contributed by atoms with Gasteiger partial charge < -0.3 is 10.2 Å². The highest BCUT2D eigenvalue weighted by Crippen LogP contribution is 2.12. The monoisotopic (exact) mass is 329 g/mol. The zero-order valence-corrected chi connectivity index (χ0v) is 13.8. The Balaban J connectivity index is 2.10. The number of hydrogen-bond acceptors (Lipinski definition) is 3. The fraction of sp³-hybridized carbons (Fsp3) is 0.278. The molecule has 0 fully saturated rings. The molecule has 24 heavy (non-hydrogen) atoms. The lowest BCUT2D eigenvalue weighted by atomic mass is 10.1. The molecule has 1 aromatic carbocycles. The summed E-state index contributed by atoms with van der Waals surface area (Å²) in [6.07, 6.45) is 4.75. The van der Waals surface area contributed by atoms with Crippen LogP contribution in [0.1, 0.15) is 40.5 Å². The SMILES string of the molecule is CCCCN(C)C(=O)c1cncc(C(=O)Nc2ccc(F)cc2)c1. The van der Waals surface area contributed by atoms with Crippen molar-refractivity contribution in [3.05, 3.63) is 59.7 Å². The molecule has 0 atom stereocenters. The molecule has 1 aromatic heterocycles. The first kappa shape index (κ1) is 17.6. The maximum atomic E-state index is 12.9. The van der Waals surface area contributed by atoms with Gasteiger partial charge in [0, 0.05) is 31.7 Å². The van der Waals surface area contributed by atoms with Crippen molar-refractivity contribution in [1.29, 1.82) is 0 Å². The van der Waals surface area contributed by atoms with Crippen LogP contribution in [0.15, 0.2) is 42.7 Å². The Hall–Kier alpha value is -2.76. The summed E-state index contributed by atoms with van der Waals surface area (Å²) in [5, 5.41) is 2.64. The Bertz CT molecular complexity index is 716. The standard InChI is InChI=1S/C18H20FN3O2/c1-3-4-9-22(2)18(24)14-10-13(11-20-12-14)17(23)21-16-7-5-15(19)6-8-16/h5-8,10-12H,3-4,9H2,1-2H3,(H,21,23). The number of rotatable bonds is 6. The van der Waals surface area contributed by atoms with Crippen molar-refractivity contribution in [2.24, 2.45) is 0 Å². The first-order chi connectivity index (χ1) is 11.5. The van der Waals surface area contributed by atoms with Crippen molar-refractivity contribution in [2.75, 3.05) is 18.9 Å². The zero-order valence-electron chi connectivity index (χ0n) is 13.8. The van der Waals surface area contributed by atoms with Crippen LogP contribution in [0, 0.1) is 5.82 Å². The minimum absolute atomic E-state index is 0.174. The van der Waals surface area contributed by atoms with Gasteiger partial charge >= 0.3 is 0 Å². The van der Waals surface area contributed by atoms with Gasteiger partial charge in [-0.05, 0) is 36.8 Å². The predicted octanol–water partition coefficient (Wildman–Crippen LogP) is 3.35. The molecule has 0 unspecified atom stereocenters. The summed E-state index contributed by atoms with van der Waals surface area (Å²) in [6.45, 7) is 2.71. The fourth-order valence-electron chi connectivity index (χ4n) is 2.13. The van der Waals surface area contributed by atoms with Crippen LogP contribution in [0.3, 0.4) is 0 Å². The molecular formula is C18H20FN3O2. The molecular weight excluding hydrogens is 309 g/mol. The smallest absolute Gasteiger partial charge is 0.257 e. The van der Waals surface area contributed by atoms with Crippen molar-refractivity contribution in [3.63, 3.8) is 0 Å². The molecule has 0 bridgehead atoms. The maximum absolute atomic E-state index is 12.9. The zero-order chi connectivity index (χ0) is 17.5. The number of nitrogens with zero attached hydrogens (tertiary/aromatic N) is 2. The lowest BCUT2D eigenvalue weighted by Gasteiger charge is -2.16. The molecule has 5 nitrogen and oxygen atoms in total. The summed E-state index contributed by atoms with van der Waals surface area (Å²) in [4.78, 5) is 30.2.